The van der Waals surface area contributed by atoms with Crippen molar-refractivity contribution in [2.45, 2.75) is 6.92 Å². The normalized spacial score (nSPS) is 12.0. The molecule has 0 aliphatic heterocycles. The molecular formula is C32H21N3O. The third-order valence-electron chi connectivity index (χ3n) is 7.22. The van der Waals surface area contributed by atoms with Gasteiger partial charge < -0.3 is 13.6 Å². The molecule has 36 heavy (non-hydrogen) atoms. The number of aryl methyl sites for hydroxylation is 1. The van der Waals surface area contributed by atoms with Gasteiger partial charge in [-0.2, -0.15) is 0 Å². The quantitative estimate of drug-likeness (QED) is 0.258. The van der Waals surface area contributed by atoms with Crippen LogP contribution in [0.3, 0.4) is 0 Å². The maximum absolute atomic E-state index is 6.23. The van der Waals surface area contributed by atoms with Crippen LogP contribution in [-0.2, 0) is 0 Å². The molecule has 0 spiro atoms. The van der Waals surface area contributed by atoms with E-state index in [2.05, 4.69) is 118 Å². The van der Waals surface area contributed by atoms with Crippen LogP contribution in [0, 0.1) is 6.92 Å². The van der Waals surface area contributed by atoms with Crippen LogP contribution in [0.15, 0.2) is 114 Å². The summed E-state index contributed by atoms with van der Waals surface area (Å²) in [7, 11) is 0. The number of benzene rings is 5. The van der Waals surface area contributed by atoms with Crippen molar-refractivity contribution in [1.29, 1.82) is 0 Å². The van der Waals surface area contributed by atoms with Gasteiger partial charge in [-0.05, 0) is 36.4 Å². The molecule has 0 radical (unpaired) electrons. The molecule has 4 nitrogen and oxygen atoms in total. The zero-order valence-corrected chi connectivity index (χ0v) is 19.6. The van der Waals surface area contributed by atoms with Crippen molar-refractivity contribution in [1.82, 2.24) is 14.1 Å². The topological polar surface area (TPSA) is 35.9 Å². The fourth-order valence-corrected chi connectivity index (χ4v) is 5.79. The van der Waals surface area contributed by atoms with E-state index in [1.54, 1.807) is 0 Å². The van der Waals surface area contributed by atoms with Crippen LogP contribution in [0.2, 0.25) is 0 Å². The van der Waals surface area contributed by atoms with E-state index in [-0.39, 0.29) is 0 Å². The molecule has 0 bridgehead atoms. The zero-order valence-electron chi connectivity index (χ0n) is 19.6. The molecule has 0 atom stereocenters. The molecule has 0 N–H and O–H groups in total. The first-order valence-electron chi connectivity index (χ1n) is 12.2. The summed E-state index contributed by atoms with van der Waals surface area (Å²) in [4.78, 5) is 4.78. The summed E-state index contributed by atoms with van der Waals surface area (Å²) in [6.07, 6.45) is 0. The Bertz CT molecular complexity index is 2020. The Labute approximate surface area is 206 Å². The molecule has 0 aliphatic carbocycles. The lowest BCUT2D eigenvalue weighted by Gasteiger charge is -2.13. The first-order valence-corrected chi connectivity index (χ1v) is 12.2. The second-order valence-corrected chi connectivity index (χ2v) is 9.29. The van der Waals surface area contributed by atoms with E-state index in [1.807, 2.05) is 6.92 Å². The minimum absolute atomic E-state index is 0.659. The lowest BCUT2D eigenvalue weighted by Crippen LogP contribution is -1.99. The fourth-order valence-electron chi connectivity index (χ4n) is 5.79. The van der Waals surface area contributed by atoms with E-state index in [4.69, 9.17) is 9.40 Å². The number of hydrogen-bond donors (Lipinski definition) is 0. The predicted octanol–water partition coefficient (Wildman–Crippen LogP) is 8.33. The van der Waals surface area contributed by atoms with E-state index in [1.165, 1.54) is 32.6 Å². The summed E-state index contributed by atoms with van der Waals surface area (Å²) in [5.74, 6) is 0.659. The van der Waals surface area contributed by atoms with Crippen LogP contribution in [0.1, 0.15) is 5.89 Å². The van der Waals surface area contributed by atoms with Crippen LogP contribution in [0.25, 0.3) is 66.1 Å². The Hall–Kier alpha value is -4.83. The zero-order chi connectivity index (χ0) is 23.8. The van der Waals surface area contributed by atoms with Gasteiger partial charge >= 0.3 is 0 Å². The minimum Gasteiger partial charge on any atom is -0.439 e. The Kier molecular flexibility index (Phi) is 3.84. The molecule has 3 aromatic heterocycles. The number of aromatic nitrogens is 3. The van der Waals surface area contributed by atoms with Gasteiger partial charge in [0, 0.05) is 28.5 Å². The Morgan fingerprint density at radius 1 is 0.556 bits per heavy atom. The van der Waals surface area contributed by atoms with Crippen molar-refractivity contribution >= 4 is 54.7 Å². The molecule has 3 heterocycles. The van der Waals surface area contributed by atoms with E-state index < -0.39 is 0 Å². The summed E-state index contributed by atoms with van der Waals surface area (Å²) in [5, 5.41) is 4.92. The number of para-hydroxylation sites is 4. The van der Waals surface area contributed by atoms with Crippen LogP contribution >= 0.6 is 0 Å². The van der Waals surface area contributed by atoms with Gasteiger partial charge in [-0.15, -0.1) is 0 Å². The minimum atomic E-state index is 0.659. The molecule has 0 unspecified atom stereocenters. The first-order chi connectivity index (χ1) is 17.8. The van der Waals surface area contributed by atoms with E-state index in [9.17, 15) is 0 Å². The molecule has 0 aliphatic rings. The third-order valence-corrected chi connectivity index (χ3v) is 7.22. The van der Waals surface area contributed by atoms with E-state index in [0.717, 1.165) is 33.5 Å². The molecule has 0 saturated carbocycles. The highest BCUT2D eigenvalue weighted by Crippen LogP contribution is 2.38. The summed E-state index contributed by atoms with van der Waals surface area (Å²) < 4.78 is 10.9. The second kappa shape index (κ2) is 7.09. The third kappa shape index (κ3) is 2.56. The molecule has 8 rings (SSSR count). The molecule has 8 aromatic rings. The summed E-state index contributed by atoms with van der Waals surface area (Å²) in [6.45, 7) is 1.91. The van der Waals surface area contributed by atoms with Crippen molar-refractivity contribution in [3.05, 3.63) is 115 Å². The Morgan fingerprint density at radius 2 is 1.00 bits per heavy atom. The van der Waals surface area contributed by atoms with Crippen LogP contribution in [0.4, 0.5) is 0 Å². The highest BCUT2D eigenvalue weighted by molar-refractivity contribution is 6.11. The maximum atomic E-state index is 6.23. The van der Waals surface area contributed by atoms with Gasteiger partial charge in [0.25, 0.3) is 0 Å². The largest absolute Gasteiger partial charge is 0.439 e. The van der Waals surface area contributed by atoms with E-state index >= 15 is 0 Å². The van der Waals surface area contributed by atoms with Gasteiger partial charge in [-0.3, -0.25) is 0 Å². The average molecular weight is 464 g/mol. The highest BCUT2D eigenvalue weighted by atomic mass is 16.3. The molecule has 5 aromatic carbocycles. The van der Waals surface area contributed by atoms with Crippen molar-refractivity contribution in [2.24, 2.45) is 0 Å². The van der Waals surface area contributed by atoms with Gasteiger partial charge in [-0.1, -0.05) is 72.8 Å². The molecule has 0 fully saturated rings. The maximum Gasteiger partial charge on any atom is 0.192 e. The van der Waals surface area contributed by atoms with Crippen molar-refractivity contribution < 1.29 is 4.42 Å². The van der Waals surface area contributed by atoms with Crippen molar-refractivity contribution in [3.63, 3.8) is 0 Å². The lowest BCUT2D eigenvalue weighted by molar-refractivity contribution is 0.560. The monoisotopic (exact) mass is 463 g/mol. The van der Waals surface area contributed by atoms with Gasteiger partial charge in [-0.25, -0.2) is 4.98 Å². The molecule has 0 saturated heterocycles. The summed E-state index contributed by atoms with van der Waals surface area (Å²) in [6, 6.07) is 38.7. The smallest absolute Gasteiger partial charge is 0.192 e. The SMILES string of the molecule is Cc1nc2cc(-n3c4ccccc4c4ccccc43)cc(-n3c4ccccc4c4ccccc43)c2o1. The van der Waals surface area contributed by atoms with Crippen molar-refractivity contribution in [3.8, 4) is 11.4 Å². The first kappa shape index (κ1) is 19.5. The molecular weight excluding hydrogens is 442 g/mol. The Balaban J connectivity index is 1.55. The molecule has 0 amide bonds. The highest BCUT2D eigenvalue weighted by Gasteiger charge is 2.20. The van der Waals surface area contributed by atoms with Gasteiger partial charge in [0.2, 0.25) is 0 Å². The van der Waals surface area contributed by atoms with Crippen LogP contribution in [0.5, 0.6) is 0 Å². The predicted molar refractivity (Wildman–Crippen MR) is 147 cm³/mol. The van der Waals surface area contributed by atoms with E-state index in [0.29, 0.717) is 5.89 Å². The summed E-state index contributed by atoms with van der Waals surface area (Å²) >= 11 is 0. The standard InChI is InChI=1S/C32H21N3O/c1-20-33-26-18-21(34-27-14-6-2-10-22(27)23-11-3-7-15-28(23)34)19-31(32(26)36-20)35-29-16-8-4-12-24(29)25-13-5-9-17-30(25)35/h2-19H,1H3. The van der Waals surface area contributed by atoms with Gasteiger partial charge in [0.05, 0.1) is 33.4 Å². The molecule has 4 heteroatoms. The van der Waals surface area contributed by atoms with Gasteiger partial charge in [0.15, 0.2) is 11.5 Å². The number of oxazole rings is 1. The van der Waals surface area contributed by atoms with Crippen LogP contribution in [-0.4, -0.2) is 14.1 Å². The average Bonchev–Trinajstić information content (AvgIpc) is 3.57. The van der Waals surface area contributed by atoms with Crippen LogP contribution < -0.4 is 0 Å². The lowest BCUT2D eigenvalue weighted by atomic mass is 10.2. The fraction of sp³-hybridized carbons (Fsp3) is 0.0312. The summed E-state index contributed by atoms with van der Waals surface area (Å²) in [5.41, 5.74) is 8.33. The second-order valence-electron chi connectivity index (χ2n) is 9.29. The van der Waals surface area contributed by atoms with Crippen molar-refractivity contribution in [2.75, 3.05) is 0 Å². The van der Waals surface area contributed by atoms with Gasteiger partial charge in [0.1, 0.15) is 5.52 Å². The Morgan fingerprint density at radius 3 is 1.50 bits per heavy atom. The number of nitrogens with zero attached hydrogens (tertiary/aromatic N) is 3. The number of rotatable bonds is 2. The number of fused-ring (bicyclic) bond motifs is 7. The number of hydrogen-bond acceptors (Lipinski definition) is 2. The molecule has 170 valence electrons.